The number of sulfonamides is 1. The van der Waals surface area contributed by atoms with E-state index in [4.69, 9.17) is 4.52 Å². The van der Waals surface area contributed by atoms with Gasteiger partial charge in [0.2, 0.25) is 27.6 Å². The molecule has 0 aliphatic carbocycles. The smallest absolute Gasteiger partial charge is 0.242 e. The maximum absolute atomic E-state index is 12.5. The number of hydrogen-bond donors (Lipinski definition) is 1. The molecule has 0 bridgehead atoms. The molecule has 0 aliphatic rings. The number of hydrogen-bond acceptors (Lipinski definition) is 7. The Morgan fingerprint density at radius 3 is 2.65 bits per heavy atom. The van der Waals surface area contributed by atoms with Gasteiger partial charge in [0.1, 0.15) is 0 Å². The van der Waals surface area contributed by atoms with Gasteiger partial charge in [-0.1, -0.05) is 24.6 Å². The van der Waals surface area contributed by atoms with E-state index in [1.54, 1.807) is 19.2 Å². The Bertz CT molecular complexity index is 1080. The molecule has 2 aromatic heterocycles. The third kappa shape index (κ3) is 6.22. The van der Waals surface area contributed by atoms with Crippen LogP contribution < -0.4 is 5.32 Å². The lowest BCUT2D eigenvalue weighted by atomic mass is 10.2. The largest absolute Gasteiger partial charge is 0.339 e. The van der Waals surface area contributed by atoms with Crippen molar-refractivity contribution in [1.82, 2.24) is 14.4 Å². The minimum atomic E-state index is -3.52. The molecule has 0 unspecified atom stereocenters. The number of carbonyl (C=O) groups excluding carboxylic acids is 1. The molecule has 3 rings (SSSR count). The van der Waals surface area contributed by atoms with Crippen LogP contribution in [0, 0.1) is 0 Å². The second-order valence-corrected chi connectivity index (χ2v) is 10.1. The number of nitrogens with one attached hydrogen (secondary N) is 1. The summed E-state index contributed by atoms with van der Waals surface area (Å²) in [6.45, 7) is 2.49. The highest BCUT2D eigenvalue weighted by molar-refractivity contribution is 7.89. The summed E-state index contributed by atoms with van der Waals surface area (Å²) in [5.74, 6) is 0.899. The monoisotopic (exact) mass is 462 g/mol. The van der Waals surface area contributed by atoms with Gasteiger partial charge in [0.05, 0.1) is 9.77 Å². The highest BCUT2D eigenvalue weighted by Crippen LogP contribution is 2.22. The Morgan fingerprint density at radius 2 is 1.97 bits per heavy atom. The number of thiophene rings is 1. The van der Waals surface area contributed by atoms with Crippen molar-refractivity contribution in [2.45, 2.75) is 43.9 Å². The molecule has 0 spiro atoms. The van der Waals surface area contributed by atoms with Crippen molar-refractivity contribution in [2.24, 2.45) is 0 Å². The Labute approximate surface area is 186 Å². The lowest BCUT2D eigenvalue weighted by Crippen LogP contribution is -2.27. The summed E-state index contributed by atoms with van der Waals surface area (Å²) in [6, 6.07) is 10.1. The molecule has 166 valence electrons. The number of amides is 1. The van der Waals surface area contributed by atoms with Crippen LogP contribution in [0.15, 0.2) is 51.2 Å². The summed E-state index contributed by atoms with van der Waals surface area (Å²) in [7, 11) is -1.94. The Morgan fingerprint density at radius 1 is 1.19 bits per heavy atom. The average molecular weight is 463 g/mol. The molecule has 8 nitrogen and oxygen atoms in total. The van der Waals surface area contributed by atoms with E-state index in [9.17, 15) is 13.2 Å². The first-order valence-electron chi connectivity index (χ1n) is 10.1. The summed E-state index contributed by atoms with van der Waals surface area (Å²) in [5, 5.41) is 8.68. The molecule has 0 saturated carbocycles. The normalized spacial score (nSPS) is 11.7. The fraction of sp³-hybridized carbons (Fsp3) is 0.381. The van der Waals surface area contributed by atoms with Crippen molar-refractivity contribution in [3.8, 4) is 10.7 Å². The quantitative estimate of drug-likeness (QED) is 0.458. The van der Waals surface area contributed by atoms with Gasteiger partial charge in [0.15, 0.2) is 0 Å². The Kier molecular flexibility index (Phi) is 7.94. The second kappa shape index (κ2) is 10.7. The molecule has 3 aromatic rings. The van der Waals surface area contributed by atoms with Crippen molar-refractivity contribution in [3.05, 3.63) is 47.7 Å². The summed E-state index contributed by atoms with van der Waals surface area (Å²) < 4.78 is 31.7. The number of aromatic nitrogens is 2. The van der Waals surface area contributed by atoms with Crippen LogP contribution in [-0.4, -0.2) is 42.4 Å². The van der Waals surface area contributed by atoms with Crippen LogP contribution in [0.2, 0.25) is 0 Å². The van der Waals surface area contributed by atoms with E-state index < -0.39 is 10.0 Å². The molecule has 1 amide bonds. The van der Waals surface area contributed by atoms with E-state index in [1.807, 2.05) is 24.4 Å². The van der Waals surface area contributed by atoms with Gasteiger partial charge < -0.3 is 9.84 Å². The van der Waals surface area contributed by atoms with Crippen LogP contribution in [0.4, 0.5) is 5.69 Å². The molecule has 0 radical (unpaired) electrons. The molecular formula is C21H26N4O4S2. The number of aryl methyl sites for hydroxylation is 1. The third-order valence-electron chi connectivity index (χ3n) is 4.68. The van der Waals surface area contributed by atoms with Gasteiger partial charge in [-0.15, -0.1) is 11.3 Å². The fourth-order valence-corrected chi connectivity index (χ4v) is 4.74. The average Bonchev–Trinajstić information content (AvgIpc) is 3.44. The SMILES string of the molecule is CCCCN(C)S(=O)(=O)c1ccc(NC(=O)CCCc2nc(-c3cccs3)no2)cc1. The number of anilines is 1. The van der Waals surface area contributed by atoms with Crippen LogP contribution in [0.3, 0.4) is 0 Å². The molecule has 1 N–H and O–H groups in total. The van der Waals surface area contributed by atoms with E-state index in [1.165, 1.54) is 27.8 Å². The maximum atomic E-state index is 12.5. The zero-order valence-electron chi connectivity index (χ0n) is 17.6. The predicted octanol–water partition coefficient (Wildman–Crippen LogP) is 4.18. The molecule has 0 atom stereocenters. The molecule has 31 heavy (non-hydrogen) atoms. The van der Waals surface area contributed by atoms with E-state index >= 15 is 0 Å². The first-order chi connectivity index (χ1) is 14.9. The molecular weight excluding hydrogens is 436 g/mol. The van der Waals surface area contributed by atoms with Gasteiger partial charge in [-0.25, -0.2) is 12.7 Å². The van der Waals surface area contributed by atoms with E-state index in [0.29, 0.717) is 36.8 Å². The first kappa shape index (κ1) is 23.1. The van der Waals surface area contributed by atoms with Crippen LogP contribution in [0.25, 0.3) is 10.7 Å². The number of benzene rings is 1. The number of rotatable bonds is 11. The zero-order valence-corrected chi connectivity index (χ0v) is 19.2. The van der Waals surface area contributed by atoms with Crippen LogP contribution in [0.1, 0.15) is 38.5 Å². The predicted molar refractivity (Wildman–Crippen MR) is 120 cm³/mol. The number of unbranched alkanes of at least 4 members (excludes halogenated alkanes) is 1. The van der Waals surface area contributed by atoms with E-state index in [2.05, 4.69) is 15.5 Å². The molecule has 2 heterocycles. The van der Waals surface area contributed by atoms with E-state index in [0.717, 1.165) is 17.7 Å². The molecule has 0 fully saturated rings. The lowest BCUT2D eigenvalue weighted by Gasteiger charge is -2.17. The first-order valence-corrected chi connectivity index (χ1v) is 12.4. The van der Waals surface area contributed by atoms with Crippen molar-refractivity contribution in [3.63, 3.8) is 0 Å². The summed E-state index contributed by atoms with van der Waals surface area (Å²) in [4.78, 5) is 17.7. The van der Waals surface area contributed by atoms with Gasteiger partial charge in [-0.3, -0.25) is 4.79 Å². The van der Waals surface area contributed by atoms with Gasteiger partial charge in [0.25, 0.3) is 0 Å². The summed E-state index contributed by atoms with van der Waals surface area (Å²) in [6.07, 6.45) is 3.09. The van der Waals surface area contributed by atoms with Crippen molar-refractivity contribution in [1.29, 1.82) is 0 Å². The van der Waals surface area contributed by atoms with Gasteiger partial charge in [-0.05, 0) is 48.6 Å². The molecule has 1 aromatic carbocycles. The maximum Gasteiger partial charge on any atom is 0.242 e. The number of nitrogens with zero attached hydrogens (tertiary/aromatic N) is 3. The minimum absolute atomic E-state index is 0.159. The lowest BCUT2D eigenvalue weighted by molar-refractivity contribution is -0.116. The van der Waals surface area contributed by atoms with Crippen LogP contribution >= 0.6 is 11.3 Å². The molecule has 0 saturated heterocycles. The highest BCUT2D eigenvalue weighted by atomic mass is 32.2. The van der Waals surface area contributed by atoms with Crippen LogP contribution in [-0.2, 0) is 21.2 Å². The second-order valence-electron chi connectivity index (χ2n) is 7.10. The van der Waals surface area contributed by atoms with Gasteiger partial charge in [-0.2, -0.15) is 4.98 Å². The standard InChI is InChI=1S/C21H26N4O4S2/c1-3-4-14-25(2)31(27,28)17-12-10-16(11-13-17)22-19(26)8-5-9-20-23-21(24-29-20)18-7-6-15-30-18/h6-7,10-13,15H,3-5,8-9,14H2,1-2H3,(H,22,26). The third-order valence-corrected chi connectivity index (χ3v) is 7.41. The fourth-order valence-electron chi connectivity index (χ4n) is 2.88. The Hall–Kier alpha value is -2.56. The van der Waals surface area contributed by atoms with Crippen molar-refractivity contribution in [2.75, 3.05) is 18.9 Å². The Balaban J connectivity index is 1.47. The molecule has 10 heteroatoms. The summed E-state index contributed by atoms with van der Waals surface area (Å²) in [5.41, 5.74) is 0.554. The van der Waals surface area contributed by atoms with Crippen molar-refractivity contribution < 1.29 is 17.7 Å². The van der Waals surface area contributed by atoms with E-state index in [-0.39, 0.29) is 17.2 Å². The van der Waals surface area contributed by atoms with Crippen molar-refractivity contribution >= 4 is 33.0 Å². The van der Waals surface area contributed by atoms with Gasteiger partial charge >= 0.3 is 0 Å². The summed E-state index contributed by atoms with van der Waals surface area (Å²) >= 11 is 1.54. The van der Waals surface area contributed by atoms with Gasteiger partial charge in [0, 0.05) is 32.1 Å². The number of carbonyl (C=O) groups is 1. The van der Waals surface area contributed by atoms with Crippen LogP contribution in [0.5, 0.6) is 0 Å². The minimum Gasteiger partial charge on any atom is -0.339 e. The molecule has 0 aliphatic heterocycles. The topological polar surface area (TPSA) is 105 Å². The highest BCUT2D eigenvalue weighted by Gasteiger charge is 2.20. The zero-order chi connectivity index (χ0) is 22.3.